The number of ether oxygens (including phenoxy) is 1. The number of benzene rings is 2. The van der Waals surface area contributed by atoms with Crippen LogP contribution in [0.2, 0.25) is 0 Å². The molecular formula is C19H16N6O3. The van der Waals surface area contributed by atoms with Crippen molar-refractivity contribution in [2.45, 2.75) is 13.5 Å². The third-order valence-corrected chi connectivity index (χ3v) is 3.72. The van der Waals surface area contributed by atoms with Gasteiger partial charge in [-0.1, -0.05) is 42.0 Å². The average molecular weight is 376 g/mol. The van der Waals surface area contributed by atoms with Crippen molar-refractivity contribution in [2.75, 3.05) is 11.9 Å². The van der Waals surface area contributed by atoms with Gasteiger partial charge in [-0.25, -0.2) is 4.79 Å². The zero-order valence-electron chi connectivity index (χ0n) is 15.0. The summed E-state index contributed by atoms with van der Waals surface area (Å²) in [5.41, 5.74) is 2.56. The summed E-state index contributed by atoms with van der Waals surface area (Å²) in [5.74, 6) is -0.849. The zero-order chi connectivity index (χ0) is 19.9. The Bertz CT molecular complexity index is 1040. The maximum atomic E-state index is 11.9. The molecule has 140 valence electrons. The van der Waals surface area contributed by atoms with Gasteiger partial charge in [0.1, 0.15) is 6.07 Å². The number of esters is 1. The molecule has 28 heavy (non-hydrogen) atoms. The topological polar surface area (TPSA) is 123 Å². The fraction of sp³-hybridized carbons (Fsp3) is 0.158. The lowest BCUT2D eigenvalue weighted by Crippen LogP contribution is -2.24. The summed E-state index contributed by atoms with van der Waals surface area (Å²) in [5, 5.41) is 23.4. The highest BCUT2D eigenvalue weighted by atomic mass is 16.5. The van der Waals surface area contributed by atoms with Crippen molar-refractivity contribution in [3.8, 4) is 17.5 Å². The number of para-hydroxylation sites is 1. The van der Waals surface area contributed by atoms with Crippen molar-refractivity contribution in [1.29, 1.82) is 5.26 Å². The normalized spacial score (nSPS) is 10.1. The lowest BCUT2D eigenvalue weighted by molar-refractivity contribution is -0.148. The van der Waals surface area contributed by atoms with E-state index < -0.39 is 18.5 Å². The molecule has 2 aromatic carbocycles. The summed E-state index contributed by atoms with van der Waals surface area (Å²) >= 11 is 0. The molecule has 3 aromatic rings. The summed E-state index contributed by atoms with van der Waals surface area (Å²) < 4.78 is 4.92. The van der Waals surface area contributed by atoms with E-state index in [0.717, 1.165) is 15.9 Å². The van der Waals surface area contributed by atoms with E-state index in [0.29, 0.717) is 17.1 Å². The van der Waals surface area contributed by atoms with Gasteiger partial charge >= 0.3 is 5.97 Å². The molecule has 0 fully saturated rings. The largest absolute Gasteiger partial charge is 0.454 e. The van der Waals surface area contributed by atoms with Gasteiger partial charge in [0.05, 0.1) is 11.3 Å². The Kier molecular flexibility index (Phi) is 5.72. The molecule has 0 aliphatic carbocycles. The molecule has 0 aliphatic heterocycles. The first kappa shape index (κ1) is 18.7. The van der Waals surface area contributed by atoms with E-state index in [1.807, 2.05) is 37.3 Å². The first-order chi connectivity index (χ1) is 13.5. The highest BCUT2D eigenvalue weighted by molar-refractivity contribution is 5.93. The molecule has 0 unspecified atom stereocenters. The molecule has 3 rings (SSSR count). The van der Waals surface area contributed by atoms with Crippen LogP contribution in [0.15, 0.2) is 48.5 Å². The van der Waals surface area contributed by atoms with Gasteiger partial charge in [0.2, 0.25) is 5.82 Å². The SMILES string of the molecule is Cc1ccc(-c2nnn(CC(=O)OCC(=O)Nc3ccccc3C#N)n2)cc1. The van der Waals surface area contributed by atoms with Gasteiger partial charge in [0.25, 0.3) is 5.91 Å². The first-order valence-corrected chi connectivity index (χ1v) is 8.34. The number of nitrogens with zero attached hydrogens (tertiary/aromatic N) is 5. The second kappa shape index (κ2) is 8.55. The lowest BCUT2D eigenvalue weighted by atomic mass is 10.1. The molecule has 0 spiro atoms. The van der Waals surface area contributed by atoms with E-state index >= 15 is 0 Å². The smallest absolute Gasteiger partial charge is 0.330 e. The summed E-state index contributed by atoms with van der Waals surface area (Å²) in [4.78, 5) is 24.9. The van der Waals surface area contributed by atoms with Gasteiger partial charge in [-0.05, 0) is 24.3 Å². The van der Waals surface area contributed by atoms with E-state index in [4.69, 9.17) is 10.00 Å². The maximum Gasteiger partial charge on any atom is 0.330 e. The van der Waals surface area contributed by atoms with Crippen molar-refractivity contribution < 1.29 is 14.3 Å². The van der Waals surface area contributed by atoms with Crippen LogP contribution in [-0.2, 0) is 20.9 Å². The number of tetrazole rings is 1. The van der Waals surface area contributed by atoms with Crippen LogP contribution < -0.4 is 5.32 Å². The van der Waals surface area contributed by atoms with Crippen LogP contribution in [0.25, 0.3) is 11.4 Å². The molecule has 0 radical (unpaired) electrons. The van der Waals surface area contributed by atoms with Crippen molar-refractivity contribution in [1.82, 2.24) is 20.2 Å². The van der Waals surface area contributed by atoms with E-state index in [2.05, 4.69) is 20.7 Å². The van der Waals surface area contributed by atoms with Crippen LogP contribution in [0, 0.1) is 18.3 Å². The fourth-order valence-corrected chi connectivity index (χ4v) is 2.31. The summed E-state index contributed by atoms with van der Waals surface area (Å²) in [6, 6.07) is 16.1. The predicted molar refractivity (Wildman–Crippen MR) is 98.7 cm³/mol. The standard InChI is InChI=1S/C19H16N6O3/c1-13-6-8-14(9-7-13)19-22-24-25(23-19)11-18(27)28-12-17(26)21-16-5-3-2-4-15(16)10-20/h2-9H,11-12H2,1H3,(H,21,26). The monoisotopic (exact) mass is 376 g/mol. The molecule has 0 saturated heterocycles. The Morgan fingerprint density at radius 3 is 2.68 bits per heavy atom. The molecule has 9 heteroatoms. The molecule has 9 nitrogen and oxygen atoms in total. The number of carbonyl (C=O) groups is 2. The Labute approximate surface area is 160 Å². The highest BCUT2D eigenvalue weighted by Gasteiger charge is 2.13. The van der Waals surface area contributed by atoms with E-state index in [-0.39, 0.29) is 6.54 Å². The van der Waals surface area contributed by atoms with Crippen LogP contribution in [0.3, 0.4) is 0 Å². The third-order valence-electron chi connectivity index (χ3n) is 3.72. The highest BCUT2D eigenvalue weighted by Crippen LogP contribution is 2.14. The van der Waals surface area contributed by atoms with Crippen LogP contribution in [0.5, 0.6) is 0 Å². The zero-order valence-corrected chi connectivity index (χ0v) is 15.0. The Morgan fingerprint density at radius 2 is 1.93 bits per heavy atom. The minimum absolute atomic E-state index is 0.277. The van der Waals surface area contributed by atoms with E-state index in [9.17, 15) is 9.59 Å². The second-order valence-corrected chi connectivity index (χ2v) is 5.88. The molecule has 0 atom stereocenters. The Morgan fingerprint density at radius 1 is 1.18 bits per heavy atom. The Hall–Kier alpha value is -4.06. The second-order valence-electron chi connectivity index (χ2n) is 5.88. The minimum atomic E-state index is -0.684. The van der Waals surface area contributed by atoms with E-state index in [1.165, 1.54) is 0 Å². The number of anilines is 1. The molecular weight excluding hydrogens is 360 g/mol. The number of aryl methyl sites for hydroxylation is 1. The number of nitriles is 1. The molecule has 0 bridgehead atoms. The predicted octanol–water partition coefficient (Wildman–Crippen LogP) is 1.70. The molecule has 1 heterocycles. The minimum Gasteiger partial charge on any atom is -0.454 e. The van der Waals surface area contributed by atoms with Crippen LogP contribution in [-0.4, -0.2) is 38.7 Å². The van der Waals surface area contributed by atoms with E-state index in [1.54, 1.807) is 24.3 Å². The maximum absolute atomic E-state index is 11.9. The van der Waals surface area contributed by atoms with Crippen LogP contribution >= 0.6 is 0 Å². The van der Waals surface area contributed by atoms with Crippen molar-refractivity contribution in [2.24, 2.45) is 0 Å². The number of nitrogens with one attached hydrogen (secondary N) is 1. The summed E-state index contributed by atoms with van der Waals surface area (Å²) in [6.07, 6.45) is 0. The summed E-state index contributed by atoms with van der Waals surface area (Å²) in [7, 11) is 0. The van der Waals surface area contributed by atoms with Crippen molar-refractivity contribution >= 4 is 17.6 Å². The molecule has 0 saturated carbocycles. The molecule has 1 N–H and O–H groups in total. The summed E-state index contributed by atoms with van der Waals surface area (Å²) in [6.45, 7) is 1.21. The molecule has 1 amide bonds. The first-order valence-electron chi connectivity index (χ1n) is 8.34. The van der Waals surface area contributed by atoms with Gasteiger partial charge in [-0.15, -0.1) is 10.2 Å². The Balaban J connectivity index is 1.51. The van der Waals surface area contributed by atoms with Gasteiger partial charge < -0.3 is 10.1 Å². The number of rotatable bonds is 6. The van der Waals surface area contributed by atoms with Gasteiger partial charge in [-0.2, -0.15) is 10.1 Å². The number of aromatic nitrogens is 4. The molecule has 0 aliphatic rings. The molecule has 1 aromatic heterocycles. The van der Waals surface area contributed by atoms with Crippen molar-refractivity contribution in [3.63, 3.8) is 0 Å². The van der Waals surface area contributed by atoms with Crippen LogP contribution in [0.4, 0.5) is 5.69 Å². The third kappa shape index (κ3) is 4.76. The number of hydrogen-bond donors (Lipinski definition) is 1. The number of carbonyl (C=O) groups excluding carboxylic acids is 2. The van der Waals surface area contributed by atoms with Gasteiger partial charge in [0.15, 0.2) is 13.2 Å². The number of amides is 1. The quantitative estimate of drug-likeness (QED) is 0.650. The van der Waals surface area contributed by atoms with Crippen LogP contribution in [0.1, 0.15) is 11.1 Å². The lowest BCUT2D eigenvalue weighted by Gasteiger charge is -2.07. The average Bonchev–Trinajstić information content (AvgIpc) is 3.16. The fourth-order valence-electron chi connectivity index (χ4n) is 2.31. The van der Waals surface area contributed by atoms with Crippen molar-refractivity contribution in [3.05, 3.63) is 59.7 Å². The number of hydrogen-bond acceptors (Lipinski definition) is 7. The van der Waals surface area contributed by atoms with Gasteiger partial charge in [0, 0.05) is 5.56 Å². The van der Waals surface area contributed by atoms with Gasteiger partial charge in [-0.3, -0.25) is 4.79 Å².